The highest BCUT2D eigenvalue weighted by atomic mass is 16.6. The molecule has 1 heterocycles. The van der Waals surface area contributed by atoms with E-state index in [1.165, 1.54) is 31.4 Å². The molecule has 1 saturated carbocycles. The van der Waals surface area contributed by atoms with Crippen LogP contribution in [-0.2, 0) is 19.1 Å². The van der Waals surface area contributed by atoms with Crippen molar-refractivity contribution in [3.8, 4) is 0 Å². The summed E-state index contributed by atoms with van der Waals surface area (Å²) < 4.78 is 10.4. The molecule has 5 heteroatoms. The van der Waals surface area contributed by atoms with Gasteiger partial charge in [-0.2, -0.15) is 0 Å². The first-order chi connectivity index (χ1) is 12.5. The Bertz CT molecular complexity index is 689. The second kappa shape index (κ2) is 7.08. The van der Waals surface area contributed by atoms with Gasteiger partial charge in [0.1, 0.15) is 6.10 Å². The Labute approximate surface area is 161 Å². The maximum Gasteiger partial charge on any atom is 0.333 e. The third kappa shape index (κ3) is 3.71. The van der Waals surface area contributed by atoms with E-state index in [-0.39, 0.29) is 16.7 Å². The number of aliphatic hydroxyl groups excluding tert-OH is 1. The average molecular weight is 376 g/mol. The second-order valence-corrected chi connectivity index (χ2v) is 9.40. The third-order valence-corrected chi connectivity index (χ3v) is 7.22. The van der Waals surface area contributed by atoms with E-state index >= 15 is 0 Å². The number of aliphatic hydroxyl groups is 1. The van der Waals surface area contributed by atoms with Crippen molar-refractivity contribution in [2.45, 2.75) is 79.1 Å². The lowest BCUT2D eigenvalue weighted by atomic mass is 9.48. The molecule has 1 N–H and O–H groups in total. The van der Waals surface area contributed by atoms with Gasteiger partial charge in [-0.15, -0.1) is 0 Å². The molecule has 2 aliphatic carbocycles. The number of hydrogen-bond acceptors (Lipinski definition) is 5. The molecule has 0 amide bonds. The summed E-state index contributed by atoms with van der Waals surface area (Å²) >= 11 is 0. The molecule has 150 valence electrons. The lowest BCUT2D eigenvalue weighted by Crippen LogP contribution is -2.49. The second-order valence-electron chi connectivity index (χ2n) is 9.40. The summed E-state index contributed by atoms with van der Waals surface area (Å²) in [6, 6.07) is 0. The molecular weight excluding hydrogens is 344 g/mol. The van der Waals surface area contributed by atoms with Crippen molar-refractivity contribution in [2.75, 3.05) is 0 Å². The maximum atomic E-state index is 11.7. The van der Waals surface area contributed by atoms with E-state index in [9.17, 15) is 14.7 Å². The van der Waals surface area contributed by atoms with Crippen molar-refractivity contribution < 1.29 is 24.2 Å². The first-order valence-corrected chi connectivity index (χ1v) is 9.98. The van der Waals surface area contributed by atoms with Crippen molar-refractivity contribution in [1.82, 2.24) is 0 Å². The monoisotopic (exact) mass is 376 g/mol. The van der Waals surface area contributed by atoms with Crippen LogP contribution in [0.1, 0.15) is 66.7 Å². The van der Waals surface area contributed by atoms with E-state index in [0.29, 0.717) is 17.9 Å². The van der Waals surface area contributed by atoms with Gasteiger partial charge in [0.2, 0.25) is 6.29 Å². The normalized spacial score (nSPS) is 36.2. The minimum atomic E-state index is -1.33. The Morgan fingerprint density at radius 1 is 1.37 bits per heavy atom. The molecule has 1 unspecified atom stereocenters. The molecular formula is C22H32O5. The summed E-state index contributed by atoms with van der Waals surface area (Å²) in [6.07, 6.45) is 6.81. The summed E-state index contributed by atoms with van der Waals surface area (Å²) in [4.78, 5) is 23.3. The fraction of sp³-hybridized carbons (Fsp3) is 0.727. The molecule has 0 aromatic heterocycles. The molecule has 0 radical (unpaired) electrons. The van der Waals surface area contributed by atoms with Crippen LogP contribution in [0.2, 0.25) is 0 Å². The lowest BCUT2D eigenvalue weighted by Gasteiger charge is -2.57. The fourth-order valence-electron chi connectivity index (χ4n) is 5.93. The summed E-state index contributed by atoms with van der Waals surface area (Å²) in [5.41, 5.74) is 2.03. The summed E-state index contributed by atoms with van der Waals surface area (Å²) in [6.45, 7) is 10.6. The highest BCUT2D eigenvalue weighted by Crippen LogP contribution is 2.60. The van der Waals surface area contributed by atoms with Crippen molar-refractivity contribution >= 4 is 11.9 Å². The number of fused-ring (bicyclic) bond motifs is 1. The van der Waals surface area contributed by atoms with E-state index in [2.05, 4.69) is 33.8 Å². The van der Waals surface area contributed by atoms with Crippen LogP contribution in [0, 0.1) is 22.7 Å². The van der Waals surface area contributed by atoms with Crippen LogP contribution in [0.3, 0.4) is 0 Å². The molecule has 0 spiro atoms. The first-order valence-electron chi connectivity index (χ1n) is 9.98. The number of carbonyl (C=O) groups is 2. The standard InChI is InChI=1S/C22H32O5/c1-13-7-8-18-21(3,4)9-6-10-22(18,5)16(13)12-17(26-14(2)23)15-11-19(24)27-20(15)25/h7,11,16-18,20,25H,6,8-10,12H2,1-5H3/t16-,17-,18-,20?,22+/m0/s1. The molecule has 0 aromatic carbocycles. The van der Waals surface area contributed by atoms with Crippen molar-refractivity contribution in [1.29, 1.82) is 0 Å². The van der Waals surface area contributed by atoms with Gasteiger partial charge in [0.25, 0.3) is 0 Å². The molecule has 0 bridgehead atoms. The van der Waals surface area contributed by atoms with Crippen LogP contribution < -0.4 is 0 Å². The smallest absolute Gasteiger partial charge is 0.333 e. The SMILES string of the molecule is CC(=O)O[C@@H](C[C@H]1C(C)=CC[C@H]2C(C)(C)CCC[C@]12C)C1=CC(=O)OC1O. The van der Waals surface area contributed by atoms with E-state index in [4.69, 9.17) is 9.47 Å². The number of ether oxygens (including phenoxy) is 2. The molecule has 3 aliphatic rings. The highest BCUT2D eigenvalue weighted by molar-refractivity contribution is 5.86. The van der Waals surface area contributed by atoms with Gasteiger partial charge < -0.3 is 14.6 Å². The van der Waals surface area contributed by atoms with E-state index in [0.717, 1.165) is 12.8 Å². The molecule has 1 aliphatic heterocycles. The van der Waals surface area contributed by atoms with Crippen LogP contribution in [0.4, 0.5) is 0 Å². The van der Waals surface area contributed by atoms with Gasteiger partial charge in [0.05, 0.1) is 0 Å². The predicted molar refractivity (Wildman–Crippen MR) is 101 cm³/mol. The van der Waals surface area contributed by atoms with Crippen LogP contribution in [0.15, 0.2) is 23.3 Å². The number of rotatable bonds is 4. The van der Waals surface area contributed by atoms with E-state index in [1.807, 2.05) is 0 Å². The highest BCUT2D eigenvalue weighted by Gasteiger charge is 2.52. The Balaban J connectivity index is 1.93. The van der Waals surface area contributed by atoms with Crippen LogP contribution in [0.5, 0.6) is 0 Å². The van der Waals surface area contributed by atoms with Gasteiger partial charge in [0.15, 0.2) is 0 Å². The van der Waals surface area contributed by atoms with Gasteiger partial charge in [-0.3, -0.25) is 4.79 Å². The van der Waals surface area contributed by atoms with Crippen molar-refractivity contribution in [3.63, 3.8) is 0 Å². The number of esters is 2. The van der Waals surface area contributed by atoms with Crippen molar-refractivity contribution in [2.24, 2.45) is 22.7 Å². The number of hydrogen-bond donors (Lipinski definition) is 1. The fourth-order valence-corrected chi connectivity index (χ4v) is 5.93. The van der Waals surface area contributed by atoms with Crippen LogP contribution >= 0.6 is 0 Å². The number of allylic oxidation sites excluding steroid dienone is 2. The molecule has 0 saturated heterocycles. The molecule has 5 atom stereocenters. The zero-order valence-corrected chi connectivity index (χ0v) is 17.1. The predicted octanol–water partition coefficient (Wildman–Crippen LogP) is 3.91. The minimum absolute atomic E-state index is 0.105. The lowest BCUT2D eigenvalue weighted by molar-refractivity contribution is -0.154. The summed E-state index contributed by atoms with van der Waals surface area (Å²) in [7, 11) is 0. The molecule has 0 aromatic rings. The summed E-state index contributed by atoms with van der Waals surface area (Å²) in [5.74, 6) is -0.223. The van der Waals surface area contributed by atoms with Crippen LogP contribution in [0.25, 0.3) is 0 Å². The van der Waals surface area contributed by atoms with E-state index < -0.39 is 24.3 Å². The van der Waals surface area contributed by atoms with Gasteiger partial charge >= 0.3 is 11.9 Å². The zero-order chi connectivity index (χ0) is 20.0. The Hall–Kier alpha value is -1.62. The largest absolute Gasteiger partial charge is 0.458 e. The number of carbonyl (C=O) groups excluding carboxylic acids is 2. The molecule has 27 heavy (non-hydrogen) atoms. The Kier molecular flexibility index (Phi) is 5.28. The van der Waals surface area contributed by atoms with Crippen molar-refractivity contribution in [3.05, 3.63) is 23.3 Å². The Morgan fingerprint density at radius 3 is 2.67 bits per heavy atom. The Morgan fingerprint density at radius 2 is 2.07 bits per heavy atom. The van der Waals surface area contributed by atoms with Gasteiger partial charge in [-0.25, -0.2) is 4.79 Å². The minimum Gasteiger partial charge on any atom is -0.458 e. The maximum absolute atomic E-state index is 11.7. The zero-order valence-electron chi connectivity index (χ0n) is 17.1. The molecule has 5 nitrogen and oxygen atoms in total. The van der Waals surface area contributed by atoms with E-state index in [1.54, 1.807) is 0 Å². The summed E-state index contributed by atoms with van der Waals surface area (Å²) in [5, 5.41) is 10.1. The van der Waals surface area contributed by atoms with Gasteiger partial charge in [0, 0.05) is 18.6 Å². The molecule has 3 rings (SSSR count). The van der Waals surface area contributed by atoms with Crippen LogP contribution in [-0.4, -0.2) is 29.4 Å². The first kappa shape index (κ1) is 20.1. The third-order valence-electron chi connectivity index (χ3n) is 7.22. The quantitative estimate of drug-likeness (QED) is 0.595. The molecule has 1 fully saturated rings. The number of cyclic esters (lactones) is 1. The topological polar surface area (TPSA) is 72.8 Å². The average Bonchev–Trinajstić information content (AvgIpc) is 2.87. The van der Waals surface area contributed by atoms with Gasteiger partial charge in [-0.05, 0) is 55.3 Å². The van der Waals surface area contributed by atoms with Gasteiger partial charge in [-0.1, -0.05) is 38.8 Å².